The first-order valence-corrected chi connectivity index (χ1v) is 7.07. The number of rotatable bonds is 6. The van der Waals surface area contributed by atoms with Crippen molar-refractivity contribution in [1.29, 1.82) is 0 Å². The Morgan fingerprint density at radius 1 is 1.21 bits per heavy atom. The van der Waals surface area contributed by atoms with Gasteiger partial charge in [-0.05, 0) is 30.3 Å². The fraction of sp³-hybridized carbons (Fsp3) is 0.250. The summed E-state index contributed by atoms with van der Waals surface area (Å²) in [6, 6.07) is 12.1. The third-order valence-electron chi connectivity index (χ3n) is 3.00. The molecule has 0 saturated heterocycles. The van der Waals surface area contributed by atoms with Crippen LogP contribution in [0.5, 0.6) is 11.6 Å². The van der Waals surface area contributed by atoms with Gasteiger partial charge in [-0.1, -0.05) is 6.07 Å². The Bertz CT molecular complexity index is 661. The molecule has 0 aliphatic carbocycles. The number of carbonyl (C=O) groups is 1. The Morgan fingerprint density at radius 2 is 1.92 bits per heavy atom. The van der Waals surface area contributed by atoms with Gasteiger partial charge in [-0.3, -0.25) is 4.79 Å². The second-order valence-electron chi connectivity index (χ2n) is 5.01. The molecule has 0 fully saturated rings. The van der Waals surface area contributed by atoms with Crippen molar-refractivity contribution in [3.63, 3.8) is 0 Å². The first-order chi connectivity index (χ1) is 11.3. The summed E-state index contributed by atoms with van der Waals surface area (Å²) in [5.41, 5.74) is 0.672. The van der Waals surface area contributed by atoms with Gasteiger partial charge in [-0.15, -0.1) is 0 Å². The number of alkyl halides is 3. The number of carbonyl (C=O) groups excluding carboxylic acids is 1. The Hall–Kier alpha value is -2.77. The molecule has 1 aromatic heterocycles. The molecule has 1 heterocycles. The lowest BCUT2D eigenvalue weighted by Gasteiger charge is -2.19. The minimum atomic E-state index is -4.42. The number of nitrogens with zero attached hydrogens (tertiary/aromatic N) is 2. The number of hydrogen-bond donors (Lipinski definition) is 1. The maximum absolute atomic E-state index is 12.1. The maximum Gasteiger partial charge on any atom is 0.405 e. The standard InChI is InChI=1S/C16H16F3N3O2/c1-22(10-14(23)21-11-16(17,18)19)12-5-7-13(8-6-12)24-15-4-2-3-9-20-15/h2-9H,10-11H2,1H3,(H,21,23). The average molecular weight is 339 g/mol. The van der Waals surface area contributed by atoms with E-state index in [-0.39, 0.29) is 6.54 Å². The summed E-state index contributed by atoms with van der Waals surface area (Å²) in [6.07, 6.45) is -2.81. The van der Waals surface area contributed by atoms with E-state index in [2.05, 4.69) is 4.98 Å². The molecular weight excluding hydrogens is 323 g/mol. The van der Waals surface area contributed by atoms with E-state index >= 15 is 0 Å². The van der Waals surface area contributed by atoms with Gasteiger partial charge in [0.2, 0.25) is 11.8 Å². The first kappa shape index (κ1) is 17.6. The molecule has 0 spiro atoms. The molecule has 2 rings (SSSR count). The van der Waals surface area contributed by atoms with Gasteiger partial charge in [0.15, 0.2) is 0 Å². The molecule has 1 N–H and O–H groups in total. The van der Waals surface area contributed by atoms with Gasteiger partial charge >= 0.3 is 6.18 Å². The number of hydrogen-bond acceptors (Lipinski definition) is 4. The molecular formula is C16H16F3N3O2. The summed E-state index contributed by atoms with van der Waals surface area (Å²) in [5, 5.41) is 1.83. The normalized spacial score (nSPS) is 11.0. The monoisotopic (exact) mass is 339 g/mol. The van der Waals surface area contributed by atoms with E-state index in [9.17, 15) is 18.0 Å². The van der Waals surface area contributed by atoms with Crippen LogP contribution in [0.2, 0.25) is 0 Å². The van der Waals surface area contributed by atoms with Crippen molar-refractivity contribution in [1.82, 2.24) is 10.3 Å². The van der Waals surface area contributed by atoms with Crippen molar-refractivity contribution in [2.75, 3.05) is 25.0 Å². The molecule has 0 atom stereocenters. The lowest BCUT2D eigenvalue weighted by molar-refractivity contribution is -0.137. The maximum atomic E-state index is 12.1. The second-order valence-corrected chi connectivity index (χ2v) is 5.01. The van der Waals surface area contributed by atoms with E-state index in [0.717, 1.165) is 0 Å². The van der Waals surface area contributed by atoms with E-state index in [1.165, 1.54) is 4.90 Å². The molecule has 0 aliphatic rings. The molecule has 0 radical (unpaired) electrons. The molecule has 128 valence electrons. The molecule has 24 heavy (non-hydrogen) atoms. The summed E-state index contributed by atoms with van der Waals surface area (Å²) in [4.78, 5) is 17.1. The largest absolute Gasteiger partial charge is 0.439 e. The van der Waals surface area contributed by atoms with E-state index in [1.807, 2.05) is 5.32 Å². The highest BCUT2D eigenvalue weighted by Gasteiger charge is 2.27. The zero-order valence-corrected chi connectivity index (χ0v) is 12.9. The molecule has 8 heteroatoms. The van der Waals surface area contributed by atoms with E-state index in [0.29, 0.717) is 17.3 Å². The number of anilines is 1. The van der Waals surface area contributed by atoms with Crippen LogP contribution < -0.4 is 15.0 Å². The van der Waals surface area contributed by atoms with Crippen LogP contribution in [0.4, 0.5) is 18.9 Å². The zero-order chi connectivity index (χ0) is 17.6. The van der Waals surface area contributed by atoms with Gasteiger partial charge in [0.1, 0.15) is 12.3 Å². The average Bonchev–Trinajstić information content (AvgIpc) is 2.54. The zero-order valence-electron chi connectivity index (χ0n) is 12.9. The Morgan fingerprint density at radius 3 is 2.50 bits per heavy atom. The van der Waals surface area contributed by atoms with Crippen molar-refractivity contribution in [3.8, 4) is 11.6 Å². The van der Waals surface area contributed by atoms with Crippen LogP contribution >= 0.6 is 0 Å². The van der Waals surface area contributed by atoms with Crippen molar-refractivity contribution in [2.24, 2.45) is 0 Å². The SMILES string of the molecule is CN(CC(=O)NCC(F)(F)F)c1ccc(Oc2ccccn2)cc1. The Balaban J connectivity index is 1.89. The molecule has 0 aliphatic heterocycles. The summed E-state index contributed by atoms with van der Waals surface area (Å²) in [6.45, 7) is -1.52. The van der Waals surface area contributed by atoms with Gasteiger partial charge in [0.05, 0.1) is 6.54 Å². The highest BCUT2D eigenvalue weighted by molar-refractivity contribution is 5.81. The third kappa shape index (κ3) is 5.79. The molecule has 0 unspecified atom stereocenters. The summed E-state index contributed by atoms with van der Waals surface area (Å²) < 4.78 is 41.7. The number of benzene rings is 1. The number of aromatic nitrogens is 1. The fourth-order valence-electron chi connectivity index (χ4n) is 1.86. The Labute approximate surface area is 137 Å². The predicted octanol–water partition coefficient (Wildman–Crippen LogP) is 2.99. The summed E-state index contributed by atoms with van der Waals surface area (Å²) in [7, 11) is 1.61. The minimum Gasteiger partial charge on any atom is -0.439 e. The molecule has 1 aromatic carbocycles. The highest BCUT2D eigenvalue weighted by Crippen LogP contribution is 2.22. The van der Waals surface area contributed by atoms with Gasteiger partial charge in [-0.25, -0.2) is 4.98 Å². The van der Waals surface area contributed by atoms with Gasteiger partial charge in [0.25, 0.3) is 0 Å². The summed E-state index contributed by atoms with van der Waals surface area (Å²) in [5.74, 6) is 0.307. The van der Waals surface area contributed by atoms with Crippen molar-refractivity contribution >= 4 is 11.6 Å². The van der Waals surface area contributed by atoms with Crippen LogP contribution in [-0.4, -0.2) is 37.2 Å². The smallest absolute Gasteiger partial charge is 0.405 e. The van der Waals surface area contributed by atoms with Crippen LogP contribution in [0.1, 0.15) is 0 Å². The van der Waals surface area contributed by atoms with Crippen LogP contribution in [0.3, 0.4) is 0 Å². The molecule has 0 saturated carbocycles. The van der Waals surface area contributed by atoms with Gasteiger partial charge in [-0.2, -0.15) is 13.2 Å². The predicted molar refractivity (Wildman–Crippen MR) is 83.1 cm³/mol. The third-order valence-corrected chi connectivity index (χ3v) is 3.00. The number of likely N-dealkylation sites (N-methyl/N-ethyl adjacent to an activating group) is 1. The van der Waals surface area contributed by atoms with E-state index in [1.54, 1.807) is 55.7 Å². The molecule has 0 bridgehead atoms. The van der Waals surface area contributed by atoms with Crippen LogP contribution in [0.15, 0.2) is 48.7 Å². The Kier molecular flexibility index (Phi) is 5.62. The van der Waals surface area contributed by atoms with Gasteiger partial charge in [0, 0.05) is 25.0 Å². The number of ether oxygens (including phenoxy) is 1. The lowest BCUT2D eigenvalue weighted by Crippen LogP contribution is -2.39. The molecule has 5 nitrogen and oxygen atoms in total. The topological polar surface area (TPSA) is 54.5 Å². The van der Waals surface area contributed by atoms with Crippen LogP contribution in [0, 0.1) is 0 Å². The van der Waals surface area contributed by atoms with Crippen molar-refractivity contribution in [3.05, 3.63) is 48.7 Å². The van der Waals surface area contributed by atoms with Crippen molar-refractivity contribution in [2.45, 2.75) is 6.18 Å². The lowest BCUT2D eigenvalue weighted by atomic mass is 10.3. The molecule has 1 amide bonds. The first-order valence-electron chi connectivity index (χ1n) is 7.07. The van der Waals surface area contributed by atoms with Gasteiger partial charge < -0.3 is 15.0 Å². The van der Waals surface area contributed by atoms with E-state index in [4.69, 9.17) is 4.74 Å². The molecule has 2 aromatic rings. The quantitative estimate of drug-likeness (QED) is 0.879. The van der Waals surface area contributed by atoms with Crippen molar-refractivity contribution < 1.29 is 22.7 Å². The second kappa shape index (κ2) is 7.67. The number of pyridine rings is 1. The minimum absolute atomic E-state index is 0.184. The fourth-order valence-corrected chi connectivity index (χ4v) is 1.86. The summed E-state index contributed by atoms with van der Waals surface area (Å²) >= 11 is 0. The highest BCUT2D eigenvalue weighted by atomic mass is 19.4. The van der Waals surface area contributed by atoms with Crippen LogP contribution in [-0.2, 0) is 4.79 Å². The number of amides is 1. The number of nitrogens with one attached hydrogen (secondary N) is 1. The van der Waals surface area contributed by atoms with E-state index < -0.39 is 18.6 Å². The number of halogens is 3. The van der Waals surface area contributed by atoms with Crippen LogP contribution in [0.25, 0.3) is 0 Å².